The normalized spacial score (nSPS) is 11.4. The zero-order valence-corrected chi connectivity index (χ0v) is 11.3. The van der Waals surface area contributed by atoms with Crippen LogP contribution < -0.4 is 0 Å². The van der Waals surface area contributed by atoms with Gasteiger partial charge in [-0.15, -0.1) is 0 Å². The van der Waals surface area contributed by atoms with Crippen molar-refractivity contribution in [1.82, 2.24) is 0 Å². The molecule has 1 atom stereocenters. The molecule has 6 nitrogen and oxygen atoms in total. The first-order chi connectivity index (χ1) is 8.85. The van der Waals surface area contributed by atoms with Crippen molar-refractivity contribution in [3.8, 4) is 0 Å². The summed E-state index contributed by atoms with van der Waals surface area (Å²) in [7, 11) is 0. The minimum absolute atomic E-state index is 0.175. The molecule has 0 N–H and O–H groups in total. The van der Waals surface area contributed by atoms with Gasteiger partial charge in [-0.25, -0.2) is 0 Å². The largest absolute Gasteiger partial charge is 0.0936 e. The summed E-state index contributed by atoms with van der Waals surface area (Å²) in [5, 5.41) is 7.09. The molecule has 0 aliphatic heterocycles. The predicted molar refractivity (Wildman–Crippen MR) is 74.2 cm³/mol. The number of hydrogen-bond donors (Lipinski definition) is 0. The first-order valence-corrected chi connectivity index (χ1v) is 6.90. The van der Waals surface area contributed by atoms with Gasteiger partial charge in [0.25, 0.3) is 0 Å². The second-order valence-electron chi connectivity index (χ2n) is 4.54. The van der Waals surface area contributed by atoms with E-state index in [1.165, 1.54) is 44.9 Å². The highest BCUT2D eigenvalue weighted by Crippen LogP contribution is 2.12. The van der Waals surface area contributed by atoms with Crippen molar-refractivity contribution in [2.75, 3.05) is 6.54 Å². The van der Waals surface area contributed by atoms with Crippen molar-refractivity contribution in [3.63, 3.8) is 0 Å². The summed E-state index contributed by atoms with van der Waals surface area (Å²) in [6.07, 6.45) is 10.9. The third kappa shape index (κ3) is 11.1. The Hall–Kier alpha value is -1.38. The highest BCUT2D eigenvalue weighted by Gasteiger charge is 2.04. The van der Waals surface area contributed by atoms with Gasteiger partial charge in [0.15, 0.2) is 0 Å². The average Bonchev–Trinajstić information content (AvgIpc) is 2.39. The molecule has 1 unspecified atom stereocenters. The summed E-state index contributed by atoms with van der Waals surface area (Å²) in [6.45, 7) is 2.50. The van der Waals surface area contributed by atoms with Crippen LogP contribution >= 0.6 is 0 Å². The Morgan fingerprint density at radius 3 is 2.06 bits per heavy atom. The van der Waals surface area contributed by atoms with Gasteiger partial charge in [-0.2, -0.15) is 0 Å². The molecule has 0 amide bonds. The first-order valence-electron chi connectivity index (χ1n) is 6.90. The Labute approximate surface area is 109 Å². The van der Waals surface area contributed by atoms with Crippen molar-refractivity contribution in [2.24, 2.45) is 10.2 Å². The fraction of sp³-hybridized carbons (Fsp3) is 1.00. The average molecular weight is 252 g/mol. The molecule has 0 aliphatic carbocycles. The topological polar surface area (TPSA) is 97.5 Å². The van der Waals surface area contributed by atoms with Gasteiger partial charge in [-0.05, 0) is 17.5 Å². The van der Waals surface area contributed by atoms with E-state index >= 15 is 0 Å². The molecule has 0 saturated carbocycles. The molecule has 0 saturated heterocycles. The lowest BCUT2D eigenvalue weighted by Crippen LogP contribution is -2.07. The molecule has 0 radical (unpaired) electrons. The zero-order valence-electron chi connectivity index (χ0n) is 11.3. The SMILES string of the molecule is CCCCCCCCCCC(CN=[N+]=[N-])N=[N+]=[N-]. The van der Waals surface area contributed by atoms with Crippen LogP contribution in [0.4, 0.5) is 0 Å². The van der Waals surface area contributed by atoms with Crippen LogP contribution in [0.2, 0.25) is 0 Å². The lowest BCUT2D eigenvalue weighted by molar-refractivity contribution is 0.528. The Morgan fingerprint density at radius 2 is 1.50 bits per heavy atom. The van der Waals surface area contributed by atoms with Gasteiger partial charge in [-0.1, -0.05) is 68.5 Å². The third-order valence-electron chi connectivity index (χ3n) is 2.96. The van der Waals surface area contributed by atoms with Gasteiger partial charge < -0.3 is 0 Å². The van der Waals surface area contributed by atoms with Crippen molar-refractivity contribution in [1.29, 1.82) is 0 Å². The Bertz CT molecular complexity index is 278. The molecule has 0 spiro atoms. The Morgan fingerprint density at radius 1 is 0.889 bits per heavy atom. The number of hydrogen-bond acceptors (Lipinski definition) is 2. The Kier molecular flexibility index (Phi) is 12.6. The standard InChI is InChI=1S/C12H24N6/c1-2-3-4-5-6-7-8-9-10-12(16-18-14)11-15-17-13/h12H,2-11H2,1H3. The van der Waals surface area contributed by atoms with E-state index in [0.29, 0.717) is 0 Å². The molecule has 0 aromatic rings. The van der Waals surface area contributed by atoms with Gasteiger partial charge in [0.05, 0.1) is 0 Å². The van der Waals surface area contributed by atoms with Crippen LogP contribution in [0.1, 0.15) is 64.7 Å². The minimum atomic E-state index is -0.175. The van der Waals surface area contributed by atoms with Crippen LogP contribution in [-0.4, -0.2) is 12.6 Å². The van der Waals surface area contributed by atoms with Gasteiger partial charge in [0.1, 0.15) is 0 Å². The maximum absolute atomic E-state index is 8.38. The van der Waals surface area contributed by atoms with Crippen LogP contribution in [-0.2, 0) is 0 Å². The van der Waals surface area contributed by atoms with E-state index < -0.39 is 0 Å². The van der Waals surface area contributed by atoms with Gasteiger partial charge in [0, 0.05) is 22.4 Å². The number of azide groups is 2. The molecule has 0 aliphatic rings. The molecule has 0 heterocycles. The predicted octanol–water partition coefficient (Wildman–Crippen LogP) is 5.51. The Balaban J connectivity index is 3.48. The molecule has 18 heavy (non-hydrogen) atoms. The van der Waals surface area contributed by atoms with E-state index in [1.54, 1.807) is 0 Å². The fourth-order valence-electron chi connectivity index (χ4n) is 1.90. The third-order valence-corrected chi connectivity index (χ3v) is 2.96. The maximum atomic E-state index is 8.38. The molecule has 0 fully saturated rings. The molecular formula is C12H24N6. The summed E-state index contributed by atoms with van der Waals surface area (Å²) < 4.78 is 0. The lowest BCUT2D eigenvalue weighted by atomic mass is 10.1. The first kappa shape index (κ1) is 16.6. The highest BCUT2D eigenvalue weighted by atomic mass is 15.2. The summed E-state index contributed by atoms with van der Waals surface area (Å²) in [6, 6.07) is -0.175. The van der Waals surface area contributed by atoms with Gasteiger partial charge in [0.2, 0.25) is 0 Å². The second-order valence-corrected chi connectivity index (χ2v) is 4.54. The van der Waals surface area contributed by atoms with Gasteiger partial charge >= 0.3 is 0 Å². The van der Waals surface area contributed by atoms with Crippen molar-refractivity contribution < 1.29 is 0 Å². The van der Waals surface area contributed by atoms with Crippen molar-refractivity contribution >= 4 is 0 Å². The monoisotopic (exact) mass is 252 g/mol. The van der Waals surface area contributed by atoms with Crippen LogP contribution in [0, 0.1) is 0 Å². The van der Waals surface area contributed by atoms with E-state index in [4.69, 9.17) is 11.1 Å². The molecule has 0 aromatic heterocycles. The van der Waals surface area contributed by atoms with E-state index in [9.17, 15) is 0 Å². The molecule has 6 heteroatoms. The number of rotatable bonds is 12. The van der Waals surface area contributed by atoms with E-state index in [0.717, 1.165) is 12.8 Å². The van der Waals surface area contributed by atoms with E-state index in [1.807, 2.05) is 0 Å². The van der Waals surface area contributed by atoms with Crippen LogP contribution in [0.25, 0.3) is 20.9 Å². The zero-order chi connectivity index (χ0) is 13.5. The van der Waals surface area contributed by atoms with Crippen molar-refractivity contribution in [2.45, 2.75) is 70.8 Å². The van der Waals surface area contributed by atoms with Crippen LogP contribution in [0.3, 0.4) is 0 Å². The molecule has 0 aromatic carbocycles. The molecule has 102 valence electrons. The number of unbranched alkanes of at least 4 members (excludes halogenated alkanes) is 7. The van der Waals surface area contributed by atoms with Gasteiger partial charge in [-0.3, -0.25) is 0 Å². The lowest BCUT2D eigenvalue weighted by Gasteiger charge is -2.07. The molecule has 0 rings (SSSR count). The minimum Gasteiger partial charge on any atom is -0.0936 e. The summed E-state index contributed by atoms with van der Waals surface area (Å²) >= 11 is 0. The van der Waals surface area contributed by atoms with E-state index in [2.05, 4.69) is 27.0 Å². The van der Waals surface area contributed by atoms with Crippen LogP contribution in [0.5, 0.6) is 0 Å². The van der Waals surface area contributed by atoms with E-state index in [-0.39, 0.29) is 12.6 Å². The summed E-state index contributed by atoms with van der Waals surface area (Å²) in [5.41, 5.74) is 16.6. The summed E-state index contributed by atoms with van der Waals surface area (Å²) in [5.74, 6) is 0. The molecule has 0 bridgehead atoms. The second kappa shape index (κ2) is 13.7. The highest BCUT2D eigenvalue weighted by molar-refractivity contribution is 4.70. The fourth-order valence-corrected chi connectivity index (χ4v) is 1.90. The molecular weight excluding hydrogens is 228 g/mol. The summed E-state index contributed by atoms with van der Waals surface area (Å²) in [4.78, 5) is 5.47. The maximum Gasteiger partial charge on any atom is 0.0429 e. The number of nitrogens with zero attached hydrogens (tertiary/aromatic N) is 6. The quantitative estimate of drug-likeness (QED) is 0.189. The van der Waals surface area contributed by atoms with Crippen molar-refractivity contribution in [3.05, 3.63) is 20.9 Å². The smallest absolute Gasteiger partial charge is 0.0429 e. The van der Waals surface area contributed by atoms with Crippen LogP contribution in [0.15, 0.2) is 10.2 Å².